The second-order valence-corrected chi connectivity index (χ2v) is 9.75. The van der Waals surface area contributed by atoms with E-state index in [0.717, 1.165) is 0 Å². The van der Waals surface area contributed by atoms with E-state index in [1.165, 1.54) is 17.0 Å². The highest BCUT2D eigenvalue weighted by molar-refractivity contribution is 5.94. The molecule has 13 nitrogen and oxygen atoms in total. The fraction of sp³-hybridized carbons (Fsp3) is 0.560. The van der Waals surface area contributed by atoms with Crippen molar-refractivity contribution in [3.8, 4) is 5.75 Å². The molecule has 0 aliphatic carbocycles. The number of nitrogens with one attached hydrogen (secondary N) is 2. The van der Waals surface area contributed by atoms with Crippen LogP contribution in [0.2, 0.25) is 0 Å². The molecule has 0 aromatic heterocycles. The molecule has 1 saturated heterocycles. The number of nitrogens with zero attached hydrogens (tertiary/aromatic N) is 2. The monoisotopic (exact) mass is 533 g/mol. The number of benzene rings is 1. The summed E-state index contributed by atoms with van der Waals surface area (Å²) >= 11 is 0. The number of amides is 3. The number of aliphatic carboxylic acids is 1. The van der Waals surface area contributed by atoms with Crippen LogP contribution in [-0.4, -0.2) is 82.0 Å². The highest BCUT2D eigenvalue weighted by atomic mass is 16.4. The first-order valence-electron chi connectivity index (χ1n) is 12.6. The van der Waals surface area contributed by atoms with E-state index in [1.54, 1.807) is 26.0 Å². The summed E-state index contributed by atoms with van der Waals surface area (Å²) in [6.45, 7) is 4.15. The molecule has 1 aromatic rings. The van der Waals surface area contributed by atoms with Gasteiger partial charge in [0.1, 0.15) is 23.9 Å². The van der Waals surface area contributed by atoms with Gasteiger partial charge in [0.2, 0.25) is 17.7 Å². The van der Waals surface area contributed by atoms with Gasteiger partial charge in [-0.3, -0.25) is 19.4 Å². The number of nitrogens with two attached hydrogens (primary N) is 3. The van der Waals surface area contributed by atoms with Crippen molar-refractivity contribution < 1.29 is 29.4 Å². The van der Waals surface area contributed by atoms with E-state index in [4.69, 9.17) is 17.2 Å². The molecule has 210 valence electrons. The van der Waals surface area contributed by atoms with Gasteiger partial charge >= 0.3 is 5.97 Å². The number of aliphatic imine (C=N–C) groups is 1. The van der Waals surface area contributed by atoms with Crippen LogP contribution in [-0.2, 0) is 25.6 Å². The van der Waals surface area contributed by atoms with Crippen molar-refractivity contribution in [1.29, 1.82) is 0 Å². The summed E-state index contributed by atoms with van der Waals surface area (Å²) in [5.74, 6) is -3.10. The topological polar surface area (TPSA) is 226 Å². The van der Waals surface area contributed by atoms with E-state index in [1.807, 2.05) is 0 Å². The number of phenols is 1. The van der Waals surface area contributed by atoms with Crippen LogP contribution in [0.1, 0.15) is 45.1 Å². The number of guanidine groups is 1. The molecule has 1 aromatic carbocycles. The van der Waals surface area contributed by atoms with Gasteiger partial charge in [-0.15, -0.1) is 0 Å². The van der Waals surface area contributed by atoms with Crippen LogP contribution in [0.3, 0.4) is 0 Å². The van der Waals surface area contributed by atoms with Crippen LogP contribution in [0.25, 0.3) is 0 Å². The molecule has 0 saturated carbocycles. The molecule has 0 radical (unpaired) electrons. The Balaban J connectivity index is 2.03. The number of hydrogen-bond acceptors (Lipinski definition) is 7. The highest BCUT2D eigenvalue weighted by Gasteiger charge is 2.38. The van der Waals surface area contributed by atoms with Crippen LogP contribution >= 0.6 is 0 Å². The number of likely N-dealkylation sites (tertiary alicyclic amines) is 1. The SMILES string of the molecule is CC(C)C(NC(=O)C1CCCN1C(=O)C(N)CCCN=C(N)N)C(=O)NC(Cc1ccc(O)cc1)C(=O)O. The maximum atomic E-state index is 13.2. The Morgan fingerprint density at radius 2 is 1.79 bits per heavy atom. The number of phenolic OH excluding ortho intramolecular Hbond substituents is 1. The summed E-state index contributed by atoms with van der Waals surface area (Å²) < 4.78 is 0. The average molecular weight is 534 g/mol. The maximum Gasteiger partial charge on any atom is 0.326 e. The summed E-state index contributed by atoms with van der Waals surface area (Å²) in [7, 11) is 0. The second-order valence-electron chi connectivity index (χ2n) is 9.75. The predicted octanol–water partition coefficient (Wildman–Crippen LogP) is -0.983. The van der Waals surface area contributed by atoms with Crippen LogP contribution in [0.5, 0.6) is 5.75 Å². The largest absolute Gasteiger partial charge is 0.508 e. The first kappa shape index (κ1) is 30.4. The third-order valence-electron chi connectivity index (χ3n) is 6.36. The Morgan fingerprint density at radius 1 is 1.13 bits per heavy atom. The zero-order chi connectivity index (χ0) is 28.4. The van der Waals surface area contributed by atoms with Gasteiger partial charge in [-0.2, -0.15) is 0 Å². The Kier molecular flexibility index (Phi) is 11.3. The number of carbonyl (C=O) groups excluding carboxylic acids is 3. The Bertz CT molecular complexity index is 1010. The smallest absolute Gasteiger partial charge is 0.326 e. The molecule has 2 rings (SSSR count). The number of hydrogen-bond donors (Lipinski definition) is 7. The van der Waals surface area contributed by atoms with Gasteiger partial charge in [-0.1, -0.05) is 26.0 Å². The van der Waals surface area contributed by atoms with Gasteiger partial charge in [0.05, 0.1) is 6.04 Å². The fourth-order valence-corrected chi connectivity index (χ4v) is 4.27. The second kappa shape index (κ2) is 14.2. The highest BCUT2D eigenvalue weighted by Crippen LogP contribution is 2.20. The molecule has 10 N–H and O–H groups in total. The van der Waals surface area contributed by atoms with Crippen molar-refractivity contribution in [1.82, 2.24) is 15.5 Å². The van der Waals surface area contributed by atoms with E-state index in [-0.39, 0.29) is 30.0 Å². The molecular weight excluding hydrogens is 494 g/mol. The quantitative estimate of drug-likeness (QED) is 0.0937. The summed E-state index contributed by atoms with van der Waals surface area (Å²) in [6, 6.07) is 2.12. The minimum Gasteiger partial charge on any atom is -0.508 e. The van der Waals surface area contributed by atoms with Crippen LogP contribution < -0.4 is 27.8 Å². The van der Waals surface area contributed by atoms with Gasteiger partial charge in [-0.05, 0) is 49.3 Å². The standard InChI is InChI=1S/C25H39N7O6/c1-14(2)20(22(35)30-18(24(37)38)13-15-7-9-16(33)10-8-15)31-21(34)19-6-4-12-32(19)23(36)17(26)5-3-11-29-25(27)28/h7-10,14,17-20,33H,3-6,11-13,26H2,1-2H3,(H,30,35)(H,31,34)(H,37,38)(H4,27,28,29). The van der Waals surface area contributed by atoms with E-state index in [2.05, 4.69) is 15.6 Å². The third-order valence-corrected chi connectivity index (χ3v) is 6.36. The van der Waals surface area contributed by atoms with E-state index in [0.29, 0.717) is 44.3 Å². The number of carboxylic acid groups (broad SMARTS) is 1. The van der Waals surface area contributed by atoms with Crippen LogP contribution in [0.4, 0.5) is 0 Å². The summed E-state index contributed by atoms with van der Waals surface area (Å²) in [5, 5.41) is 24.3. The summed E-state index contributed by atoms with van der Waals surface area (Å²) in [6.07, 6.45) is 1.86. The Labute approximate surface area is 221 Å². The number of aromatic hydroxyl groups is 1. The normalized spacial score (nSPS) is 17.4. The minimum absolute atomic E-state index is 0.00784. The Hall–Kier alpha value is -3.87. The van der Waals surface area contributed by atoms with E-state index >= 15 is 0 Å². The van der Waals surface area contributed by atoms with Crippen molar-refractivity contribution in [2.24, 2.45) is 28.1 Å². The molecular formula is C25H39N7O6. The lowest BCUT2D eigenvalue weighted by Gasteiger charge is -2.29. The fourth-order valence-electron chi connectivity index (χ4n) is 4.27. The molecule has 1 heterocycles. The summed E-state index contributed by atoms with van der Waals surface area (Å²) in [4.78, 5) is 56.3. The van der Waals surface area contributed by atoms with Gasteiger partial charge in [0.15, 0.2) is 5.96 Å². The molecule has 1 aliphatic heterocycles. The van der Waals surface area contributed by atoms with Crippen molar-refractivity contribution in [3.63, 3.8) is 0 Å². The van der Waals surface area contributed by atoms with Gasteiger partial charge in [0, 0.05) is 19.5 Å². The molecule has 4 atom stereocenters. The van der Waals surface area contributed by atoms with Crippen LogP contribution in [0, 0.1) is 5.92 Å². The zero-order valence-electron chi connectivity index (χ0n) is 21.8. The van der Waals surface area contributed by atoms with E-state index in [9.17, 15) is 29.4 Å². The first-order chi connectivity index (χ1) is 17.9. The maximum absolute atomic E-state index is 13.2. The number of carboxylic acids is 1. The zero-order valence-corrected chi connectivity index (χ0v) is 21.8. The molecule has 13 heteroatoms. The average Bonchev–Trinajstić information content (AvgIpc) is 3.35. The van der Waals surface area contributed by atoms with Gasteiger partial charge < -0.3 is 42.9 Å². The van der Waals surface area contributed by atoms with Crippen LogP contribution in [0.15, 0.2) is 29.3 Å². The Morgan fingerprint density at radius 3 is 2.37 bits per heavy atom. The van der Waals surface area contributed by atoms with E-state index < -0.39 is 42.0 Å². The molecule has 4 unspecified atom stereocenters. The first-order valence-corrected chi connectivity index (χ1v) is 12.6. The lowest BCUT2D eigenvalue weighted by atomic mass is 10.0. The third kappa shape index (κ3) is 8.91. The molecule has 0 bridgehead atoms. The molecule has 1 aliphatic rings. The van der Waals surface area contributed by atoms with Crippen molar-refractivity contribution in [3.05, 3.63) is 29.8 Å². The van der Waals surface area contributed by atoms with Crippen molar-refractivity contribution in [2.75, 3.05) is 13.1 Å². The van der Waals surface area contributed by atoms with Gasteiger partial charge in [-0.25, -0.2) is 4.79 Å². The predicted molar refractivity (Wildman–Crippen MR) is 141 cm³/mol. The minimum atomic E-state index is -1.24. The molecule has 3 amide bonds. The summed E-state index contributed by atoms with van der Waals surface area (Å²) in [5.41, 5.74) is 17.3. The molecule has 0 spiro atoms. The van der Waals surface area contributed by atoms with Crippen molar-refractivity contribution in [2.45, 2.75) is 70.1 Å². The number of rotatable bonds is 13. The number of carbonyl (C=O) groups is 4. The lowest BCUT2D eigenvalue weighted by Crippen LogP contribution is -2.58. The van der Waals surface area contributed by atoms with Crippen molar-refractivity contribution >= 4 is 29.7 Å². The van der Waals surface area contributed by atoms with Gasteiger partial charge in [0.25, 0.3) is 0 Å². The lowest BCUT2D eigenvalue weighted by molar-refractivity contribution is -0.143. The molecule has 1 fully saturated rings. The molecule has 38 heavy (non-hydrogen) atoms.